The van der Waals surface area contributed by atoms with E-state index in [1.807, 2.05) is 0 Å². The highest BCUT2D eigenvalue weighted by Gasteiger charge is 2.34. The summed E-state index contributed by atoms with van der Waals surface area (Å²) in [5, 5.41) is 2.31. The van der Waals surface area contributed by atoms with Gasteiger partial charge in [-0.15, -0.1) is 0 Å². The van der Waals surface area contributed by atoms with Gasteiger partial charge in [0.2, 0.25) is 0 Å². The van der Waals surface area contributed by atoms with E-state index < -0.39 is 39.2 Å². The van der Waals surface area contributed by atoms with Gasteiger partial charge in [0.15, 0.2) is 0 Å². The SMILES string of the molecule is CC(CS(C)(=O)=O)NC(=O)c1cccc(C(F)(F)F)c1N. The molecule has 0 fully saturated rings. The zero-order valence-electron chi connectivity index (χ0n) is 11.4. The molecule has 0 aliphatic carbocycles. The summed E-state index contributed by atoms with van der Waals surface area (Å²) in [5.74, 6) is -1.17. The second-order valence-electron chi connectivity index (χ2n) is 4.73. The molecule has 0 aromatic heterocycles. The summed E-state index contributed by atoms with van der Waals surface area (Å²) in [4.78, 5) is 11.9. The van der Waals surface area contributed by atoms with Crippen LogP contribution < -0.4 is 11.1 Å². The van der Waals surface area contributed by atoms with Crippen molar-refractivity contribution in [2.75, 3.05) is 17.7 Å². The number of carbonyl (C=O) groups excluding carboxylic acids is 1. The molecule has 0 aliphatic heterocycles. The smallest absolute Gasteiger partial charge is 0.398 e. The monoisotopic (exact) mass is 324 g/mol. The third kappa shape index (κ3) is 4.92. The fourth-order valence-corrected chi connectivity index (χ4v) is 2.80. The Morgan fingerprint density at radius 2 is 1.95 bits per heavy atom. The number of nitrogens with two attached hydrogens (primary N) is 1. The van der Waals surface area contributed by atoms with E-state index in [1.54, 1.807) is 0 Å². The molecule has 0 spiro atoms. The van der Waals surface area contributed by atoms with Crippen LogP contribution >= 0.6 is 0 Å². The van der Waals surface area contributed by atoms with Crippen LogP contribution in [0.5, 0.6) is 0 Å². The Morgan fingerprint density at radius 1 is 1.38 bits per heavy atom. The number of halogens is 3. The number of hydrogen-bond acceptors (Lipinski definition) is 4. The van der Waals surface area contributed by atoms with Gasteiger partial charge in [-0.05, 0) is 19.1 Å². The molecule has 1 aromatic carbocycles. The van der Waals surface area contributed by atoms with E-state index in [-0.39, 0.29) is 11.3 Å². The van der Waals surface area contributed by atoms with Gasteiger partial charge in [0.05, 0.1) is 22.6 Å². The molecule has 1 rings (SSSR count). The van der Waals surface area contributed by atoms with Crippen molar-refractivity contribution in [1.29, 1.82) is 0 Å². The summed E-state index contributed by atoms with van der Waals surface area (Å²) in [6.07, 6.45) is -3.67. The fourth-order valence-electron chi connectivity index (χ4n) is 1.81. The molecule has 3 N–H and O–H groups in total. The number of carbonyl (C=O) groups is 1. The number of sulfone groups is 1. The van der Waals surface area contributed by atoms with Gasteiger partial charge >= 0.3 is 6.18 Å². The lowest BCUT2D eigenvalue weighted by molar-refractivity contribution is -0.136. The lowest BCUT2D eigenvalue weighted by atomic mass is 10.1. The van der Waals surface area contributed by atoms with E-state index in [9.17, 15) is 26.4 Å². The molecule has 21 heavy (non-hydrogen) atoms. The lowest BCUT2D eigenvalue weighted by Crippen LogP contribution is -2.37. The van der Waals surface area contributed by atoms with Crippen molar-refractivity contribution in [2.24, 2.45) is 0 Å². The van der Waals surface area contributed by atoms with Crippen LogP contribution in [0.3, 0.4) is 0 Å². The average molecular weight is 324 g/mol. The summed E-state index contributed by atoms with van der Waals surface area (Å²) >= 11 is 0. The van der Waals surface area contributed by atoms with Gasteiger partial charge in [-0.1, -0.05) is 6.07 Å². The fraction of sp³-hybridized carbons (Fsp3) is 0.417. The van der Waals surface area contributed by atoms with Gasteiger partial charge in [0.1, 0.15) is 9.84 Å². The van der Waals surface area contributed by atoms with E-state index in [2.05, 4.69) is 5.32 Å². The number of amides is 1. The predicted octanol–water partition coefficient (Wildman–Crippen LogP) is 1.45. The van der Waals surface area contributed by atoms with E-state index in [0.717, 1.165) is 24.5 Å². The summed E-state index contributed by atoms with van der Waals surface area (Å²) in [7, 11) is -3.32. The summed E-state index contributed by atoms with van der Waals surface area (Å²) in [5.41, 5.74) is 3.24. The van der Waals surface area contributed by atoms with Gasteiger partial charge in [-0.25, -0.2) is 8.42 Å². The van der Waals surface area contributed by atoms with Crippen LogP contribution in [-0.2, 0) is 16.0 Å². The largest absolute Gasteiger partial charge is 0.418 e. The normalized spacial score (nSPS) is 13.8. The lowest BCUT2D eigenvalue weighted by Gasteiger charge is -2.16. The summed E-state index contributed by atoms with van der Waals surface area (Å²) in [6.45, 7) is 1.43. The molecule has 1 aromatic rings. The van der Waals surface area contributed by atoms with Crippen LogP contribution in [-0.4, -0.2) is 32.4 Å². The molecule has 118 valence electrons. The predicted molar refractivity (Wildman–Crippen MR) is 72.5 cm³/mol. The van der Waals surface area contributed by atoms with Crippen molar-refractivity contribution >= 4 is 21.4 Å². The summed E-state index contributed by atoms with van der Waals surface area (Å²) < 4.78 is 60.2. The Balaban J connectivity index is 2.99. The van der Waals surface area contributed by atoms with Gasteiger partial charge in [-0.2, -0.15) is 13.2 Å². The minimum Gasteiger partial charge on any atom is -0.398 e. The number of nitrogens with one attached hydrogen (secondary N) is 1. The van der Waals surface area contributed by atoms with Gasteiger partial charge in [-0.3, -0.25) is 4.79 Å². The van der Waals surface area contributed by atoms with Gasteiger partial charge < -0.3 is 11.1 Å². The molecule has 0 radical (unpaired) electrons. The molecule has 0 saturated heterocycles. The van der Waals surface area contributed by atoms with Crippen LogP contribution in [0.1, 0.15) is 22.8 Å². The van der Waals surface area contributed by atoms with Crippen LogP contribution in [0.4, 0.5) is 18.9 Å². The first-order valence-corrected chi connectivity index (χ1v) is 7.92. The standard InChI is InChI=1S/C12H15F3N2O3S/c1-7(6-21(2,19)20)17-11(18)8-4-3-5-9(10(8)16)12(13,14)15/h3-5,7H,6,16H2,1-2H3,(H,17,18). The maximum absolute atomic E-state index is 12.7. The van der Waals surface area contributed by atoms with Crippen LogP contribution in [0.2, 0.25) is 0 Å². The number of nitrogen functional groups attached to an aromatic ring is 1. The number of alkyl halides is 3. The first-order chi connectivity index (χ1) is 9.42. The molecular weight excluding hydrogens is 309 g/mol. The molecule has 0 bridgehead atoms. The van der Waals surface area contributed by atoms with Crippen molar-refractivity contribution in [3.8, 4) is 0 Å². The molecule has 0 aliphatic rings. The minimum atomic E-state index is -4.67. The highest BCUT2D eigenvalue weighted by Crippen LogP contribution is 2.34. The van der Waals surface area contributed by atoms with E-state index >= 15 is 0 Å². The quantitative estimate of drug-likeness (QED) is 0.821. The van der Waals surface area contributed by atoms with Gasteiger partial charge in [0, 0.05) is 12.3 Å². The maximum Gasteiger partial charge on any atom is 0.418 e. The topological polar surface area (TPSA) is 89.3 Å². The van der Waals surface area contributed by atoms with Crippen LogP contribution in [0.25, 0.3) is 0 Å². The molecule has 1 amide bonds. The Hall–Kier alpha value is -1.77. The van der Waals surface area contributed by atoms with Crippen molar-refractivity contribution in [3.63, 3.8) is 0 Å². The first-order valence-electron chi connectivity index (χ1n) is 5.86. The van der Waals surface area contributed by atoms with E-state index in [4.69, 9.17) is 5.73 Å². The summed E-state index contributed by atoms with van der Waals surface area (Å²) in [6, 6.07) is 2.23. The molecule has 1 unspecified atom stereocenters. The second kappa shape index (κ2) is 5.92. The van der Waals surface area contributed by atoms with Crippen molar-refractivity contribution in [2.45, 2.75) is 19.1 Å². The minimum absolute atomic E-state index is 0.322. The Kier molecular flexibility index (Phi) is 4.87. The number of rotatable bonds is 4. The van der Waals surface area contributed by atoms with Crippen molar-refractivity contribution in [1.82, 2.24) is 5.32 Å². The zero-order valence-corrected chi connectivity index (χ0v) is 12.2. The molecule has 5 nitrogen and oxygen atoms in total. The van der Waals surface area contributed by atoms with Crippen LogP contribution in [0, 0.1) is 0 Å². The van der Waals surface area contributed by atoms with Crippen LogP contribution in [0.15, 0.2) is 18.2 Å². The van der Waals surface area contributed by atoms with Gasteiger partial charge in [0.25, 0.3) is 5.91 Å². The number of para-hydroxylation sites is 1. The second-order valence-corrected chi connectivity index (χ2v) is 6.92. The van der Waals surface area contributed by atoms with Crippen molar-refractivity contribution < 1.29 is 26.4 Å². The zero-order chi connectivity index (χ0) is 16.4. The van der Waals surface area contributed by atoms with E-state index in [1.165, 1.54) is 6.92 Å². The molecular formula is C12H15F3N2O3S. The highest BCUT2D eigenvalue weighted by molar-refractivity contribution is 7.90. The first kappa shape index (κ1) is 17.3. The Labute approximate surface area is 120 Å². The third-order valence-corrected chi connectivity index (χ3v) is 3.69. The highest BCUT2D eigenvalue weighted by atomic mass is 32.2. The van der Waals surface area contributed by atoms with Crippen molar-refractivity contribution in [3.05, 3.63) is 29.3 Å². The number of anilines is 1. The molecule has 0 saturated carbocycles. The third-order valence-electron chi connectivity index (χ3n) is 2.59. The Bertz CT molecular complexity index is 642. The van der Waals surface area contributed by atoms with E-state index in [0.29, 0.717) is 0 Å². The molecule has 1 atom stereocenters. The Morgan fingerprint density at radius 3 is 2.43 bits per heavy atom. The molecule has 9 heteroatoms. The number of hydrogen-bond donors (Lipinski definition) is 2. The molecule has 0 heterocycles. The average Bonchev–Trinajstić information content (AvgIpc) is 2.24. The number of benzene rings is 1. The maximum atomic E-state index is 12.7.